The Morgan fingerprint density at radius 3 is 2.40 bits per heavy atom. The molecule has 150 valence electrons. The zero-order valence-corrected chi connectivity index (χ0v) is 17.1. The number of allylic oxidation sites excluding steroid dienone is 1. The summed E-state index contributed by atoms with van der Waals surface area (Å²) in [7, 11) is 0. The molecule has 4 nitrogen and oxygen atoms in total. The van der Waals surface area contributed by atoms with E-state index >= 15 is 0 Å². The van der Waals surface area contributed by atoms with Crippen molar-refractivity contribution in [2.75, 3.05) is 0 Å². The topological polar surface area (TPSA) is 59.4 Å². The van der Waals surface area contributed by atoms with E-state index in [1.807, 2.05) is 84.9 Å². The van der Waals surface area contributed by atoms with Crippen LogP contribution in [0, 0.1) is 0 Å². The maximum Gasteiger partial charge on any atom is 0.303 e. The first kappa shape index (κ1) is 19.9. The van der Waals surface area contributed by atoms with Crippen LogP contribution >= 0.6 is 11.3 Å². The molecule has 0 fully saturated rings. The number of aromatic nitrogens is 1. The molecule has 0 saturated carbocycles. The van der Waals surface area contributed by atoms with Crippen LogP contribution < -0.4 is 4.74 Å². The molecule has 1 heterocycles. The van der Waals surface area contributed by atoms with E-state index in [4.69, 9.17) is 14.8 Å². The van der Waals surface area contributed by atoms with Crippen LogP contribution in [0.25, 0.3) is 21.9 Å². The summed E-state index contributed by atoms with van der Waals surface area (Å²) in [6.07, 6.45) is 2.52. The van der Waals surface area contributed by atoms with Gasteiger partial charge in [-0.25, -0.2) is 4.98 Å². The fourth-order valence-electron chi connectivity index (χ4n) is 3.09. The fourth-order valence-corrected chi connectivity index (χ4v) is 4.10. The Morgan fingerprint density at radius 1 is 0.933 bits per heavy atom. The third-order valence-corrected chi connectivity index (χ3v) is 5.76. The molecule has 1 N–H and O–H groups in total. The molecule has 1 aromatic heterocycles. The van der Waals surface area contributed by atoms with Gasteiger partial charge in [0.05, 0.1) is 10.2 Å². The predicted molar refractivity (Wildman–Crippen MR) is 122 cm³/mol. The highest BCUT2D eigenvalue weighted by atomic mass is 32.1. The largest absolute Gasteiger partial charge is 0.489 e. The van der Waals surface area contributed by atoms with Gasteiger partial charge in [0.2, 0.25) is 0 Å². The summed E-state index contributed by atoms with van der Waals surface area (Å²) in [6, 6.07) is 25.8. The minimum absolute atomic E-state index is 0.0695. The molecule has 5 heteroatoms. The molecule has 30 heavy (non-hydrogen) atoms. The van der Waals surface area contributed by atoms with Gasteiger partial charge in [0, 0.05) is 6.42 Å². The van der Waals surface area contributed by atoms with Gasteiger partial charge in [0.1, 0.15) is 17.4 Å². The van der Waals surface area contributed by atoms with Crippen molar-refractivity contribution in [3.05, 3.63) is 95.0 Å². The number of carboxylic acid groups (broad SMARTS) is 1. The van der Waals surface area contributed by atoms with Crippen molar-refractivity contribution < 1.29 is 14.6 Å². The van der Waals surface area contributed by atoms with E-state index in [1.54, 1.807) is 11.3 Å². The summed E-state index contributed by atoms with van der Waals surface area (Å²) in [5, 5.41) is 10.0. The zero-order valence-electron chi connectivity index (χ0n) is 16.3. The summed E-state index contributed by atoms with van der Waals surface area (Å²) in [6.45, 7) is 0.519. The van der Waals surface area contributed by atoms with Crippen LogP contribution in [0.1, 0.15) is 29.0 Å². The van der Waals surface area contributed by atoms with Gasteiger partial charge < -0.3 is 9.84 Å². The summed E-state index contributed by atoms with van der Waals surface area (Å²) in [4.78, 5) is 15.8. The first-order valence-electron chi connectivity index (χ1n) is 9.72. The second kappa shape index (κ2) is 9.37. The average Bonchev–Trinajstić information content (AvgIpc) is 3.21. The highest BCUT2D eigenvalue weighted by molar-refractivity contribution is 7.19. The third kappa shape index (κ3) is 5.13. The Hall–Kier alpha value is -3.44. The number of ether oxygens (including phenoxy) is 1. The maximum absolute atomic E-state index is 11.1. The lowest BCUT2D eigenvalue weighted by Gasteiger charge is -2.07. The number of carbonyl (C=O) groups is 1. The van der Waals surface area contributed by atoms with Gasteiger partial charge in [-0.2, -0.15) is 0 Å². The summed E-state index contributed by atoms with van der Waals surface area (Å²) in [5.74, 6) is -0.0188. The highest BCUT2D eigenvalue weighted by Crippen LogP contribution is 2.31. The van der Waals surface area contributed by atoms with Gasteiger partial charge in [-0.3, -0.25) is 4.79 Å². The number of hydrogen-bond acceptors (Lipinski definition) is 4. The van der Waals surface area contributed by atoms with Gasteiger partial charge >= 0.3 is 5.97 Å². The van der Waals surface area contributed by atoms with Crippen molar-refractivity contribution in [3.8, 4) is 5.75 Å². The number of nitrogens with zero attached hydrogens (tertiary/aromatic N) is 1. The van der Waals surface area contributed by atoms with Gasteiger partial charge in [0.25, 0.3) is 0 Å². The van der Waals surface area contributed by atoms with Crippen LogP contribution in [0.15, 0.2) is 78.9 Å². The Balaban J connectivity index is 1.54. The molecule has 0 bridgehead atoms. The van der Waals surface area contributed by atoms with Crippen LogP contribution in [-0.2, 0) is 11.4 Å². The number of fused-ring (bicyclic) bond motifs is 1. The minimum atomic E-state index is -0.813. The number of carboxylic acids is 1. The van der Waals surface area contributed by atoms with Crippen molar-refractivity contribution in [1.29, 1.82) is 0 Å². The van der Waals surface area contributed by atoms with Crippen molar-refractivity contribution in [1.82, 2.24) is 4.98 Å². The SMILES string of the molecule is O=C(O)CC/C(=C\c1ccc(OCc2ccccc2)cc1)c1nc2ccccc2s1. The van der Waals surface area contributed by atoms with Gasteiger partial charge in [-0.1, -0.05) is 54.6 Å². The van der Waals surface area contributed by atoms with Crippen molar-refractivity contribution in [2.45, 2.75) is 19.4 Å². The molecular weight excluding hydrogens is 394 g/mol. The van der Waals surface area contributed by atoms with Crippen LogP contribution in [0.5, 0.6) is 5.75 Å². The first-order chi connectivity index (χ1) is 14.7. The molecule has 0 aliphatic rings. The Morgan fingerprint density at radius 2 is 1.67 bits per heavy atom. The van der Waals surface area contributed by atoms with Gasteiger partial charge in [0.15, 0.2) is 0 Å². The van der Waals surface area contributed by atoms with Crippen LogP contribution in [0.2, 0.25) is 0 Å². The number of para-hydroxylation sites is 1. The first-order valence-corrected chi connectivity index (χ1v) is 10.5. The molecule has 0 aliphatic carbocycles. The number of benzene rings is 3. The zero-order chi connectivity index (χ0) is 20.8. The molecule has 0 radical (unpaired) electrons. The molecular formula is C25H21NO3S. The van der Waals surface area contributed by atoms with Crippen molar-refractivity contribution >= 4 is 39.2 Å². The van der Waals surface area contributed by atoms with E-state index in [0.29, 0.717) is 13.0 Å². The van der Waals surface area contributed by atoms with E-state index in [0.717, 1.165) is 37.7 Å². The monoisotopic (exact) mass is 415 g/mol. The van der Waals surface area contributed by atoms with Crippen LogP contribution in [0.3, 0.4) is 0 Å². The number of thiazole rings is 1. The Labute approximate surface area is 179 Å². The lowest BCUT2D eigenvalue weighted by atomic mass is 10.1. The number of aliphatic carboxylic acids is 1. The van der Waals surface area contributed by atoms with Crippen LogP contribution in [-0.4, -0.2) is 16.1 Å². The van der Waals surface area contributed by atoms with Crippen LogP contribution in [0.4, 0.5) is 0 Å². The second-order valence-electron chi connectivity index (χ2n) is 6.89. The number of rotatable bonds is 8. The van der Waals surface area contributed by atoms with Gasteiger partial charge in [-0.15, -0.1) is 11.3 Å². The lowest BCUT2D eigenvalue weighted by molar-refractivity contribution is -0.136. The number of hydrogen-bond donors (Lipinski definition) is 1. The lowest BCUT2D eigenvalue weighted by Crippen LogP contribution is -1.96. The molecule has 0 amide bonds. The maximum atomic E-state index is 11.1. The molecule has 0 atom stereocenters. The molecule has 0 aliphatic heterocycles. The molecule has 4 aromatic rings. The standard InChI is InChI=1S/C25H21NO3S/c27-24(28)15-12-20(25-26-22-8-4-5-9-23(22)30-25)16-18-10-13-21(14-11-18)29-17-19-6-2-1-3-7-19/h1-11,13-14,16H,12,15,17H2,(H,27,28)/b20-16+. The third-order valence-electron chi connectivity index (χ3n) is 4.65. The minimum Gasteiger partial charge on any atom is -0.489 e. The summed E-state index contributed by atoms with van der Waals surface area (Å²) < 4.78 is 6.94. The Bertz CT molecular complexity index is 1130. The van der Waals surface area contributed by atoms with E-state index in [9.17, 15) is 4.79 Å². The Kier molecular flexibility index (Phi) is 6.20. The summed E-state index contributed by atoms with van der Waals surface area (Å²) >= 11 is 1.59. The predicted octanol–water partition coefficient (Wildman–Crippen LogP) is 6.28. The quantitative estimate of drug-likeness (QED) is 0.368. The van der Waals surface area contributed by atoms with Crippen molar-refractivity contribution in [3.63, 3.8) is 0 Å². The molecule has 4 rings (SSSR count). The summed E-state index contributed by atoms with van der Waals surface area (Å²) in [5.41, 5.74) is 3.97. The van der Waals surface area contributed by atoms with E-state index in [-0.39, 0.29) is 6.42 Å². The average molecular weight is 416 g/mol. The fraction of sp³-hybridized carbons (Fsp3) is 0.120. The van der Waals surface area contributed by atoms with E-state index < -0.39 is 5.97 Å². The normalized spacial score (nSPS) is 11.5. The second-order valence-corrected chi connectivity index (χ2v) is 7.92. The smallest absolute Gasteiger partial charge is 0.303 e. The molecule has 3 aromatic carbocycles. The molecule has 0 unspecified atom stereocenters. The highest BCUT2D eigenvalue weighted by Gasteiger charge is 2.11. The van der Waals surface area contributed by atoms with Gasteiger partial charge in [-0.05, 0) is 53.5 Å². The van der Waals surface area contributed by atoms with E-state index in [1.165, 1.54) is 0 Å². The van der Waals surface area contributed by atoms with Crippen molar-refractivity contribution in [2.24, 2.45) is 0 Å². The molecule has 0 saturated heterocycles. The molecule has 0 spiro atoms. The van der Waals surface area contributed by atoms with E-state index in [2.05, 4.69) is 0 Å².